The number of aliphatic hydroxyl groups is 1. The van der Waals surface area contributed by atoms with Gasteiger partial charge in [-0.15, -0.1) is 0 Å². The number of benzene rings is 1. The molecular formula is C38H64FN5O8. The highest BCUT2D eigenvalue weighted by molar-refractivity contribution is 5.99. The number of ether oxygens (including phenoxy) is 2. The molecule has 0 aromatic heterocycles. The minimum absolute atomic E-state index is 0.0271. The molecular weight excluding hydrogens is 673 g/mol. The van der Waals surface area contributed by atoms with Gasteiger partial charge in [0.2, 0.25) is 23.6 Å². The summed E-state index contributed by atoms with van der Waals surface area (Å²) in [5.41, 5.74) is 0.253. The van der Waals surface area contributed by atoms with E-state index in [1.807, 2.05) is 39.8 Å². The van der Waals surface area contributed by atoms with Crippen molar-refractivity contribution in [2.24, 2.45) is 11.8 Å². The lowest BCUT2D eigenvalue weighted by atomic mass is 9.93. The number of hydrogen-bond acceptors (Lipinski definition) is 9. The SMILES string of the molecule is CCC.CCC[C@@H](C(CC(=O)N1CC(O)CC1C(OC)C(C)C(=O)NCC(=O)c1ccc(F)cc1)OC)N(C)C(=O)CNC(=O)C(C(C)C)N(C)C. The Kier molecular flexibility index (Phi) is 20.8. The van der Waals surface area contributed by atoms with Gasteiger partial charge in [0.05, 0.1) is 61.9 Å². The number of halogens is 1. The number of aliphatic hydroxyl groups excluding tert-OH is 1. The number of ketones is 1. The molecule has 0 aliphatic carbocycles. The minimum atomic E-state index is -0.848. The third-order valence-corrected chi connectivity index (χ3v) is 9.24. The highest BCUT2D eigenvalue weighted by Gasteiger charge is 2.44. The van der Waals surface area contributed by atoms with Crippen LogP contribution in [0.3, 0.4) is 0 Å². The van der Waals surface area contributed by atoms with Gasteiger partial charge in [-0.05, 0) is 57.1 Å². The molecule has 14 heteroatoms. The maximum atomic E-state index is 13.8. The summed E-state index contributed by atoms with van der Waals surface area (Å²) in [7, 11) is 8.14. The van der Waals surface area contributed by atoms with E-state index in [1.165, 1.54) is 54.7 Å². The number of carbonyl (C=O) groups is 5. The number of amides is 4. The zero-order chi connectivity index (χ0) is 39.7. The van der Waals surface area contributed by atoms with Crippen molar-refractivity contribution in [3.8, 4) is 0 Å². The van der Waals surface area contributed by atoms with Crippen molar-refractivity contribution in [3.05, 3.63) is 35.6 Å². The Balaban J connectivity index is 0.00000434. The highest BCUT2D eigenvalue weighted by atomic mass is 19.1. The molecule has 0 radical (unpaired) electrons. The Bertz CT molecular complexity index is 1270. The first-order valence-corrected chi connectivity index (χ1v) is 18.3. The zero-order valence-corrected chi connectivity index (χ0v) is 33.1. The number of nitrogens with zero attached hydrogens (tertiary/aromatic N) is 3. The lowest BCUT2D eigenvalue weighted by Gasteiger charge is -2.37. The molecule has 52 heavy (non-hydrogen) atoms. The molecule has 3 N–H and O–H groups in total. The fourth-order valence-electron chi connectivity index (χ4n) is 6.65. The van der Waals surface area contributed by atoms with E-state index in [2.05, 4.69) is 24.5 Å². The van der Waals surface area contributed by atoms with Crippen LogP contribution in [-0.4, -0.2) is 141 Å². The van der Waals surface area contributed by atoms with Crippen molar-refractivity contribution in [1.82, 2.24) is 25.3 Å². The first kappa shape index (κ1) is 46.6. The van der Waals surface area contributed by atoms with Crippen LogP contribution in [0.15, 0.2) is 24.3 Å². The lowest BCUT2D eigenvalue weighted by Crippen LogP contribution is -2.53. The zero-order valence-electron chi connectivity index (χ0n) is 33.1. The van der Waals surface area contributed by atoms with Crippen molar-refractivity contribution in [3.63, 3.8) is 0 Å². The Morgan fingerprint density at radius 2 is 1.52 bits per heavy atom. The van der Waals surface area contributed by atoms with E-state index in [1.54, 1.807) is 14.0 Å². The molecule has 0 saturated carbocycles. The van der Waals surface area contributed by atoms with Crippen molar-refractivity contribution in [2.75, 3.05) is 55.0 Å². The third-order valence-electron chi connectivity index (χ3n) is 9.24. The van der Waals surface area contributed by atoms with Crippen molar-refractivity contribution >= 4 is 29.4 Å². The minimum Gasteiger partial charge on any atom is -0.391 e. The number of rotatable bonds is 19. The summed E-state index contributed by atoms with van der Waals surface area (Å²) in [5, 5.41) is 16.0. The highest BCUT2D eigenvalue weighted by Crippen LogP contribution is 2.29. The monoisotopic (exact) mass is 737 g/mol. The number of hydrogen-bond donors (Lipinski definition) is 3. The Hall–Kier alpha value is -3.46. The Labute approximate surface area is 309 Å². The molecule has 1 fully saturated rings. The summed E-state index contributed by atoms with van der Waals surface area (Å²) >= 11 is 0. The molecule has 1 aromatic rings. The van der Waals surface area contributed by atoms with E-state index in [4.69, 9.17) is 9.47 Å². The third kappa shape index (κ3) is 13.8. The largest absolute Gasteiger partial charge is 0.391 e. The molecule has 1 saturated heterocycles. The van der Waals surface area contributed by atoms with Crippen LogP contribution >= 0.6 is 0 Å². The van der Waals surface area contributed by atoms with E-state index in [9.17, 15) is 33.5 Å². The second-order valence-corrected chi connectivity index (χ2v) is 14.1. The van der Waals surface area contributed by atoms with E-state index in [0.29, 0.717) is 12.8 Å². The summed E-state index contributed by atoms with van der Waals surface area (Å²) in [6.07, 6.45) is 0.210. The standard InChI is InChI=1S/C35H56FN5O8.C3H8/c1-10-11-26(40(7)31(45)19-38-35(47)32(21(2)3)39(5)6)29(48-8)17-30(44)41-20-25(42)16-27(41)33(49-9)22(4)34(46)37-18-28(43)23-12-14-24(36)15-13-23;1-3-2/h12-15,21-22,25-27,29,32-33,42H,10-11,16-20H2,1-9H3,(H,37,46)(H,38,47);3H2,1-2H3/t22?,25?,26-,27?,29?,32?,33?;/m0./s1. The van der Waals surface area contributed by atoms with Gasteiger partial charge in [-0.25, -0.2) is 4.39 Å². The van der Waals surface area contributed by atoms with E-state index >= 15 is 0 Å². The average Bonchev–Trinajstić information content (AvgIpc) is 3.48. The van der Waals surface area contributed by atoms with Crippen LogP contribution in [0.1, 0.15) is 84.0 Å². The second-order valence-electron chi connectivity index (χ2n) is 14.1. The molecule has 1 heterocycles. The van der Waals surface area contributed by atoms with E-state index in [-0.39, 0.29) is 61.7 Å². The maximum absolute atomic E-state index is 13.8. The van der Waals surface area contributed by atoms with Crippen LogP contribution in [-0.2, 0) is 28.7 Å². The van der Waals surface area contributed by atoms with Crippen LogP contribution in [0.2, 0.25) is 0 Å². The molecule has 2 rings (SSSR count). The van der Waals surface area contributed by atoms with Crippen molar-refractivity contribution in [1.29, 1.82) is 0 Å². The summed E-state index contributed by atoms with van der Waals surface area (Å²) in [6.45, 7) is 11.2. The van der Waals surface area contributed by atoms with Gasteiger partial charge in [0, 0.05) is 33.4 Å². The first-order chi connectivity index (χ1) is 24.5. The molecule has 4 amide bonds. The molecule has 6 unspecified atom stereocenters. The number of likely N-dealkylation sites (tertiary alicyclic amines) is 1. The lowest BCUT2D eigenvalue weighted by molar-refractivity contribution is -0.145. The van der Waals surface area contributed by atoms with Crippen LogP contribution < -0.4 is 10.6 Å². The van der Waals surface area contributed by atoms with Crippen LogP contribution in [0.25, 0.3) is 0 Å². The van der Waals surface area contributed by atoms with Gasteiger partial charge < -0.3 is 35.0 Å². The molecule has 13 nitrogen and oxygen atoms in total. The molecule has 296 valence electrons. The van der Waals surface area contributed by atoms with Gasteiger partial charge in [0.25, 0.3) is 0 Å². The molecule has 1 aromatic carbocycles. The van der Waals surface area contributed by atoms with Gasteiger partial charge >= 0.3 is 0 Å². The molecule has 1 aliphatic heterocycles. The first-order valence-electron chi connectivity index (χ1n) is 18.3. The number of Topliss-reactive ketones (excluding diaryl/α,β-unsaturated/α-hetero) is 1. The summed E-state index contributed by atoms with van der Waals surface area (Å²) in [4.78, 5) is 70.4. The number of methoxy groups -OCH3 is 2. The van der Waals surface area contributed by atoms with Gasteiger partial charge in [-0.1, -0.05) is 54.4 Å². The predicted molar refractivity (Wildman–Crippen MR) is 198 cm³/mol. The van der Waals surface area contributed by atoms with Gasteiger partial charge in [0.1, 0.15) is 5.82 Å². The smallest absolute Gasteiger partial charge is 0.242 e. The quantitative estimate of drug-likeness (QED) is 0.182. The van der Waals surface area contributed by atoms with Gasteiger partial charge in [-0.2, -0.15) is 0 Å². The molecule has 7 atom stereocenters. The number of carbonyl (C=O) groups excluding carboxylic acids is 5. The fourth-order valence-corrected chi connectivity index (χ4v) is 6.65. The predicted octanol–water partition coefficient (Wildman–Crippen LogP) is 2.89. The number of β-amino-alcohol motifs (C(OH)–C–C–N with tert-alkyl or cyclic N) is 1. The summed E-state index contributed by atoms with van der Waals surface area (Å²) in [5.74, 6) is -3.02. The van der Waals surface area contributed by atoms with Crippen LogP contribution in [0.4, 0.5) is 4.39 Å². The normalized spacial score (nSPS) is 18.5. The molecule has 0 bridgehead atoms. The molecule has 0 spiro atoms. The second kappa shape index (κ2) is 23.3. The Morgan fingerprint density at radius 3 is 2.02 bits per heavy atom. The summed E-state index contributed by atoms with van der Waals surface area (Å²) in [6, 6.07) is 3.48. The maximum Gasteiger partial charge on any atom is 0.242 e. The summed E-state index contributed by atoms with van der Waals surface area (Å²) < 4.78 is 24.7. The van der Waals surface area contributed by atoms with E-state index < -0.39 is 59.9 Å². The average molecular weight is 738 g/mol. The van der Waals surface area contributed by atoms with E-state index in [0.717, 1.165) is 0 Å². The van der Waals surface area contributed by atoms with Crippen molar-refractivity contribution in [2.45, 2.75) is 110 Å². The fraction of sp³-hybridized carbons (Fsp3) is 0.711. The van der Waals surface area contributed by atoms with Crippen LogP contribution in [0, 0.1) is 17.7 Å². The van der Waals surface area contributed by atoms with Crippen LogP contribution in [0.5, 0.6) is 0 Å². The molecule has 1 aliphatic rings. The topological polar surface area (TPSA) is 158 Å². The Morgan fingerprint density at radius 1 is 0.942 bits per heavy atom. The van der Waals surface area contributed by atoms with Gasteiger partial charge in [-0.3, -0.25) is 28.9 Å². The number of likely N-dealkylation sites (N-methyl/N-ethyl adjacent to an activating group) is 2. The number of nitrogens with one attached hydrogen (secondary N) is 2. The van der Waals surface area contributed by atoms with Gasteiger partial charge in [0.15, 0.2) is 5.78 Å². The van der Waals surface area contributed by atoms with Crippen molar-refractivity contribution < 1.29 is 42.9 Å².